The van der Waals surface area contributed by atoms with Crippen LogP contribution < -0.4 is 10.1 Å². The molecule has 0 heterocycles. The predicted octanol–water partition coefficient (Wildman–Crippen LogP) is 1.86. The second-order valence-electron chi connectivity index (χ2n) is 3.55. The summed E-state index contributed by atoms with van der Waals surface area (Å²) in [5.41, 5.74) is 0.652. The van der Waals surface area contributed by atoms with Crippen LogP contribution in [0.1, 0.15) is 13.8 Å². The van der Waals surface area contributed by atoms with Crippen LogP contribution in [0.25, 0.3) is 0 Å². The van der Waals surface area contributed by atoms with Crippen LogP contribution in [-0.4, -0.2) is 18.8 Å². The Hall–Kier alpha value is -1.84. The first kappa shape index (κ1) is 12.2. The van der Waals surface area contributed by atoms with Crippen LogP contribution in [0, 0.1) is 5.92 Å². The van der Waals surface area contributed by atoms with E-state index in [1.807, 2.05) is 0 Å². The topological polar surface area (TPSA) is 55.4 Å². The Kier molecular flexibility index (Phi) is 4.05. The van der Waals surface area contributed by atoms with Crippen LogP contribution in [0.4, 0.5) is 5.69 Å². The Balaban J connectivity index is 2.66. The number of carbonyl (C=O) groups excluding carboxylic acids is 2. The molecule has 16 heavy (non-hydrogen) atoms. The Labute approximate surface area is 94.6 Å². The van der Waals surface area contributed by atoms with E-state index in [1.54, 1.807) is 38.3 Å². The first-order valence-corrected chi connectivity index (χ1v) is 5.00. The van der Waals surface area contributed by atoms with Crippen LogP contribution in [0.3, 0.4) is 0 Å². The molecule has 0 spiro atoms. The predicted molar refractivity (Wildman–Crippen MR) is 61.5 cm³/mol. The molecule has 0 unspecified atom stereocenters. The molecule has 0 aliphatic heterocycles. The van der Waals surface area contributed by atoms with Gasteiger partial charge >= 0.3 is 0 Å². The van der Waals surface area contributed by atoms with E-state index in [-0.39, 0.29) is 11.7 Å². The van der Waals surface area contributed by atoms with E-state index in [0.717, 1.165) is 5.75 Å². The third-order valence-electron chi connectivity index (χ3n) is 2.36. The number of methoxy groups -OCH3 is 1. The van der Waals surface area contributed by atoms with Crippen LogP contribution in [-0.2, 0) is 9.59 Å². The Morgan fingerprint density at radius 2 is 1.81 bits per heavy atom. The van der Waals surface area contributed by atoms with Gasteiger partial charge in [0.25, 0.3) is 0 Å². The van der Waals surface area contributed by atoms with E-state index < -0.39 is 5.92 Å². The van der Waals surface area contributed by atoms with Crippen LogP contribution >= 0.6 is 0 Å². The fourth-order valence-electron chi connectivity index (χ4n) is 1.11. The Morgan fingerprint density at radius 3 is 2.25 bits per heavy atom. The lowest BCUT2D eigenvalue weighted by Crippen LogP contribution is -2.25. The molecule has 0 aliphatic rings. The van der Waals surface area contributed by atoms with Gasteiger partial charge in [-0.25, -0.2) is 0 Å². The summed E-state index contributed by atoms with van der Waals surface area (Å²) in [6, 6.07) is 6.94. The number of benzene rings is 1. The molecule has 1 N–H and O–H groups in total. The second kappa shape index (κ2) is 5.30. The summed E-state index contributed by atoms with van der Waals surface area (Å²) in [6.07, 6.45) is 0. The minimum absolute atomic E-state index is 0.147. The standard InChI is InChI=1S/C12H15NO3/c1-8(9(2)14)12(15)13-10-4-6-11(16-3)7-5-10/h4-8H,1-3H3,(H,13,15)/t8-/m0/s1. The van der Waals surface area contributed by atoms with Crippen molar-refractivity contribution in [2.24, 2.45) is 5.92 Å². The van der Waals surface area contributed by atoms with Gasteiger partial charge in [0.1, 0.15) is 11.5 Å². The van der Waals surface area contributed by atoms with Gasteiger partial charge in [0.15, 0.2) is 0 Å². The van der Waals surface area contributed by atoms with Gasteiger partial charge in [-0.15, -0.1) is 0 Å². The number of ketones is 1. The quantitative estimate of drug-likeness (QED) is 0.789. The third kappa shape index (κ3) is 3.08. The number of amides is 1. The van der Waals surface area contributed by atoms with E-state index in [2.05, 4.69) is 5.32 Å². The zero-order valence-electron chi connectivity index (χ0n) is 9.61. The van der Waals surface area contributed by atoms with Gasteiger partial charge in [0.05, 0.1) is 13.0 Å². The third-order valence-corrected chi connectivity index (χ3v) is 2.36. The van der Waals surface area contributed by atoms with E-state index in [4.69, 9.17) is 4.74 Å². The summed E-state index contributed by atoms with van der Waals surface area (Å²) >= 11 is 0. The minimum atomic E-state index is -0.623. The lowest BCUT2D eigenvalue weighted by Gasteiger charge is -2.09. The van der Waals surface area contributed by atoms with Gasteiger partial charge in [-0.1, -0.05) is 0 Å². The van der Waals surface area contributed by atoms with Gasteiger partial charge in [0.2, 0.25) is 5.91 Å². The number of hydrogen-bond acceptors (Lipinski definition) is 3. The van der Waals surface area contributed by atoms with E-state index in [1.165, 1.54) is 6.92 Å². The van der Waals surface area contributed by atoms with Gasteiger partial charge < -0.3 is 10.1 Å². The maximum atomic E-state index is 11.5. The maximum Gasteiger partial charge on any atom is 0.234 e. The normalized spacial score (nSPS) is 11.7. The highest BCUT2D eigenvalue weighted by Crippen LogP contribution is 2.15. The largest absolute Gasteiger partial charge is 0.497 e. The van der Waals surface area contributed by atoms with E-state index in [0.29, 0.717) is 5.69 Å². The van der Waals surface area contributed by atoms with Gasteiger partial charge in [0, 0.05) is 5.69 Å². The van der Waals surface area contributed by atoms with Crippen molar-refractivity contribution in [2.75, 3.05) is 12.4 Å². The zero-order valence-corrected chi connectivity index (χ0v) is 9.61. The smallest absolute Gasteiger partial charge is 0.234 e. The van der Waals surface area contributed by atoms with Crippen molar-refractivity contribution in [1.29, 1.82) is 0 Å². The molecule has 4 heteroatoms. The highest BCUT2D eigenvalue weighted by molar-refractivity contribution is 6.06. The molecule has 86 valence electrons. The van der Waals surface area contributed by atoms with Crippen molar-refractivity contribution in [3.63, 3.8) is 0 Å². The molecule has 4 nitrogen and oxygen atoms in total. The van der Waals surface area contributed by atoms with Crippen LogP contribution in [0.5, 0.6) is 5.75 Å². The average molecular weight is 221 g/mol. The van der Waals surface area contributed by atoms with Gasteiger partial charge in [-0.05, 0) is 38.1 Å². The van der Waals surface area contributed by atoms with Gasteiger partial charge in [-0.2, -0.15) is 0 Å². The molecule has 0 bridgehead atoms. The molecule has 0 radical (unpaired) electrons. The molecular weight excluding hydrogens is 206 g/mol. The molecule has 1 rings (SSSR count). The molecule has 1 amide bonds. The Morgan fingerprint density at radius 1 is 1.25 bits per heavy atom. The first-order chi connectivity index (χ1) is 7.54. The summed E-state index contributed by atoms with van der Waals surface area (Å²) in [7, 11) is 1.57. The van der Waals surface area contributed by atoms with Crippen LogP contribution in [0.2, 0.25) is 0 Å². The lowest BCUT2D eigenvalue weighted by atomic mass is 10.1. The second-order valence-corrected chi connectivity index (χ2v) is 3.55. The number of rotatable bonds is 4. The fraction of sp³-hybridized carbons (Fsp3) is 0.333. The molecule has 0 aliphatic carbocycles. The number of nitrogens with one attached hydrogen (secondary N) is 1. The molecule has 0 fully saturated rings. The number of ether oxygens (including phenoxy) is 1. The number of hydrogen-bond donors (Lipinski definition) is 1. The first-order valence-electron chi connectivity index (χ1n) is 5.00. The number of anilines is 1. The fourth-order valence-corrected chi connectivity index (χ4v) is 1.11. The summed E-state index contributed by atoms with van der Waals surface area (Å²) < 4.78 is 4.99. The highest BCUT2D eigenvalue weighted by atomic mass is 16.5. The zero-order chi connectivity index (χ0) is 12.1. The SMILES string of the molecule is COc1ccc(NC(=O)[C@@H](C)C(C)=O)cc1. The summed E-state index contributed by atoms with van der Waals surface area (Å²) in [5, 5.41) is 2.66. The number of Topliss-reactive ketones (excluding diaryl/α,β-unsaturated/α-hetero) is 1. The monoisotopic (exact) mass is 221 g/mol. The lowest BCUT2D eigenvalue weighted by molar-refractivity contribution is -0.129. The van der Waals surface area contributed by atoms with Crippen molar-refractivity contribution in [3.05, 3.63) is 24.3 Å². The molecule has 1 aromatic carbocycles. The van der Waals surface area contributed by atoms with Crippen molar-refractivity contribution < 1.29 is 14.3 Å². The summed E-state index contributed by atoms with van der Waals surface area (Å²) in [4.78, 5) is 22.5. The van der Waals surface area contributed by atoms with Gasteiger partial charge in [-0.3, -0.25) is 9.59 Å². The molecular formula is C12H15NO3. The molecule has 0 saturated heterocycles. The molecule has 1 aromatic rings. The van der Waals surface area contributed by atoms with Crippen molar-refractivity contribution in [2.45, 2.75) is 13.8 Å². The Bertz CT molecular complexity index is 384. The average Bonchev–Trinajstić information content (AvgIpc) is 2.28. The highest BCUT2D eigenvalue weighted by Gasteiger charge is 2.17. The minimum Gasteiger partial charge on any atom is -0.497 e. The summed E-state index contributed by atoms with van der Waals surface area (Å²) in [6.45, 7) is 2.99. The van der Waals surface area contributed by atoms with E-state index in [9.17, 15) is 9.59 Å². The van der Waals surface area contributed by atoms with Crippen molar-refractivity contribution in [1.82, 2.24) is 0 Å². The number of carbonyl (C=O) groups is 2. The molecule has 1 atom stereocenters. The summed E-state index contributed by atoms with van der Waals surface area (Å²) in [5.74, 6) is -0.344. The van der Waals surface area contributed by atoms with Crippen molar-refractivity contribution >= 4 is 17.4 Å². The van der Waals surface area contributed by atoms with Crippen LogP contribution in [0.15, 0.2) is 24.3 Å². The maximum absolute atomic E-state index is 11.5. The molecule has 0 aromatic heterocycles. The molecule has 0 saturated carbocycles. The van der Waals surface area contributed by atoms with E-state index >= 15 is 0 Å². The van der Waals surface area contributed by atoms with Crippen molar-refractivity contribution in [3.8, 4) is 5.75 Å².